The molecule has 0 aliphatic rings. The van der Waals surface area contributed by atoms with Crippen molar-refractivity contribution in [3.05, 3.63) is 95.6 Å². The van der Waals surface area contributed by atoms with E-state index in [-0.39, 0.29) is 30.8 Å². The van der Waals surface area contributed by atoms with Gasteiger partial charge in [0, 0.05) is 11.6 Å². The topological polar surface area (TPSA) is 72.5 Å². The van der Waals surface area contributed by atoms with Crippen molar-refractivity contribution >= 4 is 6.03 Å². The number of para-hydroxylation sites is 1. The van der Waals surface area contributed by atoms with Gasteiger partial charge in [-0.15, -0.1) is 0 Å². The van der Waals surface area contributed by atoms with E-state index in [2.05, 4.69) is 10.4 Å². The first-order chi connectivity index (χ1) is 17.1. The molecule has 2 aromatic heterocycles. The number of benzene rings is 2. The second-order valence-corrected chi connectivity index (χ2v) is 9.41. The molecule has 36 heavy (non-hydrogen) atoms. The summed E-state index contributed by atoms with van der Waals surface area (Å²) in [5.74, 6) is -0.906. The summed E-state index contributed by atoms with van der Waals surface area (Å²) in [6.07, 6.45) is 1.54. The molecule has 2 amide bonds. The summed E-state index contributed by atoms with van der Waals surface area (Å²) < 4.78 is 41.1. The number of nitrogens with zero attached hydrogens (tertiary/aromatic N) is 3. The van der Waals surface area contributed by atoms with E-state index in [1.807, 2.05) is 51.1 Å². The summed E-state index contributed by atoms with van der Waals surface area (Å²) >= 11 is 0. The third-order valence-electron chi connectivity index (χ3n) is 5.28. The zero-order chi connectivity index (χ0) is 25.9. The van der Waals surface area contributed by atoms with Gasteiger partial charge < -0.3 is 19.4 Å². The van der Waals surface area contributed by atoms with E-state index in [1.165, 1.54) is 6.07 Å². The third kappa shape index (κ3) is 5.91. The van der Waals surface area contributed by atoms with Crippen LogP contribution in [0.15, 0.2) is 71.3 Å². The molecule has 0 atom stereocenters. The number of carbonyl (C=O) groups excluding carboxylic acids is 1. The monoisotopic (exact) mass is 494 g/mol. The molecule has 4 aromatic rings. The molecule has 0 bridgehead atoms. The molecule has 0 radical (unpaired) electrons. The molecule has 7 nitrogen and oxygen atoms in total. The van der Waals surface area contributed by atoms with Crippen LogP contribution in [0.3, 0.4) is 0 Å². The molecule has 4 rings (SSSR count). The lowest BCUT2D eigenvalue weighted by Crippen LogP contribution is -2.48. The van der Waals surface area contributed by atoms with Gasteiger partial charge >= 0.3 is 6.03 Å². The van der Waals surface area contributed by atoms with Crippen LogP contribution in [0.4, 0.5) is 13.6 Å². The SMILES string of the molecule is Cc1nn(-c2ccccc2)c(Oc2ccc(F)cc2F)c1CN(Cc1ccco1)C(=O)NC(C)(C)C. The van der Waals surface area contributed by atoms with E-state index >= 15 is 0 Å². The van der Waals surface area contributed by atoms with Crippen LogP contribution < -0.4 is 10.1 Å². The lowest BCUT2D eigenvalue weighted by molar-refractivity contribution is 0.177. The van der Waals surface area contributed by atoms with Crippen molar-refractivity contribution in [1.29, 1.82) is 0 Å². The largest absolute Gasteiger partial charge is 0.467 e. The maximum Gasteiger partial charge on any atom is 0.318 e. The summed E-state index contributed by atoms with van der Waals surface area (Å²) in [7, 11) is 0. The zero-order valence-corrected chi connectivity index (χ0v) is 20.6. The van der Waals surface area contributed by atoms with E-state index in [0.29, 0.717) is 22.7 Å². The number of hydrogen-bond donors (Lipinski definition) is 1. The number of ether oxygens (including phenoxy) is 1. The van der Waals surface area contributed by atoms with Crippen LogP contribution >= 0.6 is 0 Å². The van der Waals surface area contributed by atoms with Gasteiger partial charge in [-0.1, -0.05) is 18.2 Å². The number of urea groups is 1. The van der Waals surface area contributed by atoms with Crippen molar-refractivity contribution in [2.75, 3.05) is 0 Å². The normalized spacial score (nSPS) is 11.4. The summed E-state index contributed by atoms with van der Waals surface area (Å²) in [6, 6.07) is 15.5. The lowest BCUT2D eigenvalue weighted by atomic mass is 10.1. The van der Waals surface area contributed by atoms with Crippen molar-refractivity contribution in [3.63, 3.8) is 0 Å². The molecule has 0 fully saturated rings. The summed E-state index contributed by atoms with van der Waals surface area (Å²) in [5.41, 5.74) is 1.36. The molecule has 2 heterocycles. The van der Waals surface area contributed by atoms with Gasteiger partial charge in [0.2, 0.25) is 5.88 Å². The fourth-order valence-corrected chi connectivity index (χ4v) is 3.61. The average Bonchev–Trinajstić information content (AvgIpc) is 3.43. The van der Waals surface area contributed by atoms with Crippen LogP contribution in [-0.2, 0) is 13.1 Å². The van der Waals surface area contributed by atoms with E-state index in [1.54, 1.807) is 34.9 Å². The predicted octanol–water partition coefficient (Wildman–Crippen LogP) is 6.35. The number of hydrogen-bond acceptors (Lipinski definition) is 4. The first kappa shape index (κ1) is 25.0. The third-order valence-corrected chi connectivity index (χ3v) is 5.28. The molecule has 0 aliphatic heterocycles. The predicted molar refractivity (Wildman–Crippen MR) is 131 cm³/mol. The van der Waals surface area contributed by atoms with Crippen LogP contribution in [0.25, 0.3) is 5.69 Å². The zero-order valence-electron chi connectivity index (χ0n) is 20.6. The van der Waals surface area contributed by atoms with E-state index in [0.717, 1.165) is 12.1 Å². The van der Waals surface area contributed by atoms with Crippen LogP contribution in [0.5, 0.6) is 11.6 Å². The highest BCUT2D eigenvalue weighted by molar-refractivity contribution is 5.75. The molecule has 188 valence electrons. The first-order valence-corrected chi connectivity index (χ1v) is 11.5. The summed E-state index contributed by atoms with van der Waals surface area (Å²) in [6.45, 7) is 7.74. The van der Waals surface area contributed by atoms with Crippen molar-refractivity contribution in [2.45, 2.75) is 46.3 Å². The Labute approximate surface area is 208 Å². The molecule has 0 saturated heterocycles. The molecule has 9 heteroatoms. The number of carbonyl (C=O) groups is 1. The van der Waals surface area contributed by atoms with Crippen molar-refractivity contribution in [3.8, 4) is 17.3 Å². The number of rotatable bonds is 7. The highest BCUT2D eigenvalue weighted by atomic mass is 19.1. The Balaban J connectivity index is 1.77. The quantitative estimate of drug-likeness (QED) is 0.325. The fraction of sp³-hybridized carbons (Fsp3) is 0.259. The van der Waals surface area contributed by atoms with Gasteiger partial charge in [0.15, 0.2) is 11.6 Å². The van der Waals surface area contributed by atoms with Gasteiger partial charge in [-0.25, -0.2) is 18.3 Å². The minimum absolute atomic E-state index is 0.0967. The van der Waals surface area contributed by atoms with E-state index in [9.17, 15) is 13.6 Å². The number of aromatic nitrogens is 2. The fourth-order valence-electron chi connectivity index (χ4n) is 3.61. The second-order valence-electron chi connectivity index (χ2n) is 9.41. The molecular weight excluding hydrogens is 466 g/mol. The Bertz CT molecular complexity index is 1330. The highest BCUT2D eigenvalue weighted by Gasteiger charge is 2.27. The Morgan fingerprint density at radius 3 is 2.47 bits per heavy atom. The Morgan fingerprint density at radius 2 is 1.83 bits per heavy atom. The number of amides is 2. The Morgan fingerprint density at radius 1 is 1.08 bits per heavy atom. The molecule has 0 aliphatic carbocycles. The molecule has 0 unspecified atom stereocenters. The van der Waals surface area contributed by atoms with Gasteiger partial charge in [-0.05, 0) is 64.1 Å². The van der Waals surface area contributed by atoms with Gasteiger partial charge in [0.05, 0.1) is 36.3 Å². The Kier molecular flexibility index (Phi) is 7.10. The minimum atomic E-state index is -0.850. The molecule has 0 saturated carbocycles. The van der Waals surface area contributed by atoms with Crippen LogP contribution in [-0.4, -0.2) is 26.3 Å². The summed E-state index contributed by atoms with van der Waals surface area (Å²) in [4.78, 5) is 14.8. The van der Waals surface area contributed by atoms with Gasteiger partial charge in [-0.3, -0.25) is 0 Å². The van der Waals surface area contributed by atoms with E-state index in [4.69, 9.17) is 9.15 Å². The second kappa shape index (κ2) is 10.2. The first-order valence-electron chi connectivity index (χ1n) is 11.5. The minimum Gasteiger partial charge on any atom is -0.467 e. The number of aryl methyl sites for hydroxylation is 1. The standard InChI is InChI=1S/C27H28F2N4O3/c1-18-22(17-32(16-21-11-8-14-35-21)26(34)30-27(2,3)4)25(33(31-18)20-9-6-5-7-10-20)36-24-13-12-19(28)15-23(24)29/h5-15H,16-17H2,1-4H3,(H,30,34). The van der Waals surface area contributed by atoms with Crippen molar-refractivity contribution < 1.29 is 22.7 Å². The van der Waals surface area contributed by atoms with Crippen LogP contribution in [0, 0.1) is 18.6 Å². The van der Waals surface area contributed by atoms with Gasteiger partial charge in [0.25, 0.3) is 0 Å². The lowest BCUT2D eigenvalue weighted by Gasteiger charge is -2.28. The van der Waals surface area contributed by atoms with E-state index < -0.39 is 17.2 Å². The maximum atomic E-state index is 14.6. The van der Waals surface area contributed by atoms with Crippen molar-refractivity contribution in [2.24, 2.45) is 0 Å². The molecule has 1 N–H and O–H groups in total. The van der Waals surface area contributed by atoms with Gasteiger partial charge in [-0.2, -0.15) is 5.10 Å². The molecular formula is C27H28F2N4O3. The molecule has 0 spiro atoms. The smallest absolute Gasteiger partial charge is 0.318 e. The van der Waals surface area contributed by atoms with Crippen LogP contribution in [0.2, 0.25) is 0 Å². The Hall–Kier alpha value is -4.14. The van der Waals surface area contributed by atoms with Crippen molar-refractivity contribution in [1.82, 2.24) is 20.0 Å². The van der Waals surface area contributed by atoms with Gasteiger partial charge in [0.1, 0.15) is 11.6 Å². The average molecular weight is 495 g/mol. The number of halogens is 2. The molecule has 2 aromatic carbocycles. The number of furan rings is 1. The maximum absolute atomic E-state index is 14.6. The number of nitrogens with one attached hydrogen (secondary N) is 1. The van der Waals surface area contributed by atoms with Crippen LogP contribution in [0.1, 0.15) is 37.8 Å². The highest BCUT2D eigenvalue weighted by Crippen LogP contribution is 2.33. The summed E-state index contributed by atoms with van der Waals surface area (Å²) in [5, 5.41) is 7.59.